The van der Waals surface area contributed by atoms with Gasteiger partial charge in [0.15, 0.2) is 0 Å². The highest BCUT2D eigenvalue weighted by molar-refractivity contribution is 6.92. The van der Waals surface area contributed by atoms with Gasteiger partial charge in [-0.2, -0.15) is 9.90 Å². The molecule has 2 rings (SSSR count). The molecule has 0 aromatic heterocycles. The van der Waals surface area contributed by atoms with E-state index in [4.69, 9.17) is 0 Å². The topological polar surface area (TPSA) is 0 Å². The van der Waals surface area contributed by atoms with Crippen LogP contribution in [0.4, 0.5) is 0 Å². The van der Waals surface area contributed by atoms with Gasteiger partial charge in [-0.3, -0.25) is 0 Å². The Morgan fingerprint density at radius 3 is 2.00 bits per heavy atom. The molecule has 0 amide bonds. The number of benzene rings is 1. The van der Waals surface area contributed by atoms with Crippen molar-refractivity contribution in [3.8, 4) is 0 Å². The van der Waals surface area contributed by atoms with Crippen LogP contribution in [0.25, 0.3) is 0 Å². The molecule has 21 heavy (non-hydrogen) atoms. The van der Waals surface area contributed by atoms with Crippen LogP contribution < -0.4 is 0 Å². The van der Waals surface area contributed by atoms with Gasteiger partial charge in [-0.25, -0.2) is 0 Å². The minimum absolute atomic E-state index is 0. The summed E-state index contributed by atoms with van der Waals surface area (Å²) in [7, 11) is 0. The maximum absolute atomic E-state index is 2.37. The Morgan fingerprint density at radius 1 is 1.05 bits per heavy atom. The normalized spacial score (nSPS) is 16.3. The summed E-state index contributed by atoms with van der Waals surface area (Å²) in [4.78, 5) is 0. The zero-order valence-electron chi connectivity index (χ0n) is 15.6. The summed E-state index contributed by atoms with van der Waals surface area (Å²) in [5, 5.41) is 0. The molecule has 1 aromatic rings. The summed E-state index contributed by atoms with van der Waals surface area (Å²) in [5.74, 6) is 1.79. The van der Waals surface area contributed by atoms with Crippen LogP contribution in [0.1, 0.15) is 77.5 Å². The molecule has 0 N–H and O–H groups in total. The molecule has 0 heterocycles. The lowest BCUT2D eigenvalue weighted by Crippen LogP contribution is -1.92. The van der Waals surface area contributed by atoms with E-state index in [1.165, 1.54) is 37.7 Å². The van der Waals surface area contributed by atoms with Crippen molar-refractivity contribution in [2.24, 2.45) is 11.8 Å². The molecule has 0 aliphatic heterocycles. The predicted octanol–water partition coefficient (Wildman–Crippen LogP) is 6.65. The average molecular weight is 311 g/mol. The Morgan fingerprint density at radius 2 is 1.52 bits per heavy atom. The highest BCUT2D eigenvalue weighted by Gasteiger charge is 2.12. The van der Waals surface area contributed by atoms with Crippen LogP contribution in [0.2, 0.25) is 0 Å². The molecule has 1 aliphatic carbocycles. The van der Waals surface area contributed by atoms with Crippen molar-refractivity contribution in [3.63, 3.8) is 0 Å². The minimum Gasteiger partial charge on any atom is -0.153 e. The molecule has 0 radical (unpaired) electrons. The molecule has 0 spiro atoms. The second-order valence-electron chi connectivity index (χ2n) is 6.26. The van der Waals surface area contributed by atoms with E-state index >= 15 is 0 Å². The first kappa shape index (κ1) is 22.9. The molecule has 0 saturated carbocycles. The number of aryl methyl sites for hydroxylation is 3. The van der Waals surface area contributed by atoms with Gasteiger partial charge in [-0.05, 0) is 55.6 Å². The van der Waals surface area contributed by atoms with Crippen molar-refractivity contribution < 1.29 is 0 Å². The summed E-state index contributed by atoms with van der Waals surface area (Å²) in [6.07, 6.45) is 6.63. The predicted molar refractivity (Wildman–Crippen MR) is 105 cm³/mol. The van der Waals surface area contributed by atoms with Gasteiger partial charge < -0.3 is 0 Å². The lowest BCUT2D eigenvalue weighted by Gasteiger charge is -2.05. The second kappa shape index (κ2) is 13.3. The van der Waals surface area contributed by atoms with E-state index in [0.29, 0.717) is 0 Å². The molecular weight excluding hydrogens is 271 g/mol. The fourth-order valence-corrected chi connectivity index (χ4v) is 2.18. The first-order valence-corrected chi connectivity index (χ1v) is 8.61. The molecule has 1 heteroatoms. The van der Waals surface area contributed by atoms with Gasteiger partial charge in [-0.1, -0.05) is 71.7 Å². The largest absolute Gasteiger partial charge is 0.153 e. The molecule has 2 unspecified atom stereocenters. The Kier molecular flexibility index (Phi) is 14.5. The third-order valence-corrected chi connectivity index (χ3v) is 3.99. The minimum atomic E-state index is 0. The van der Waals surface area contributed by atoms with Crippen molar-refractivity contribution in [2.45, 2.75) is 80.6 Å². The van der Waals surface area contributed by atoms with Crippen molar-refractivity contribution in [1.82, 2.24) is 0 Å². The standard InChI is InChI=1S/C13H18.C5H12.C2H6.H3P/c1-10-3-6-12-7-5-11(2)9-13(12)8-4-10;1-4-5(2)3;1-2;/h5,7,9-10H,3-4,6,8H2,1-2H3;5H,4H2,1-3H3;1-2H3;1H3. The van der Waals surface area contributed by atoms with Gasteiger partial charge in [0.25, 0.3) is 0 Å². The smallest absolute Gasteiger partial charge is 0.0274 e. The Balaban J connectivity index is 0. The number of rotatable bonds is 1. The van der Waals surface area contributed by atoms with Crippen LogP contribution in [-0.4, -0.2) is 0 Å². The summed E-state index contributed by atoms with van der Waals surface area (Å²) in [6.45, 7) is 15.2. The molecule has 0 fully saturated rings. The molecule has 1 aliphatic rings. The van der Waals surface area contributed by atoms with Gasteiger partial charge in [-0.15, -0.1) is 0 Å². The monoisotopic (exact) mass is 310 g/mol. The molecule has 2 atom stereocenters. The first-order chi connectivity index (χ1) is 9.52. The van der Waals surface area contributed by atoms with Crippen LogP contribution in [0.3, 0.4) is 0 Å². The molecule has 0 nitrogen and oxygen atoms in total. The van der Waals surface area contributed by atoms with Crippen LogP contribution in [0.15, 0.2) is 18.2 Å². The highest BCUT2D eigenvalue weighted by atomic mass is 31.0. The summed E-state index contributed by atoms with van der Waals surface area (Å²) < 4.78 is 0. The maximum Gasteiger partial charge on any atom is -0.0274 e. The van der Waals surface area contributed by atoms with E-state index in [1.54, 1.807) is 11.1 Å². The van der Waals surface area contributed by atoms with E-state index in [1.807, 2.05) is 13.8 Å². The van der Waals surface area contributed by atoms with Crippen molar-refractivity contribution in [3.05, 3.63) is 34.9 Å². The Bertz CT molecular complexity index is 355. The van der Waals surface area contributed by atoms with Crippen molar-refractivity contribution >= 4 is 9.90 Å². The Hall–Kier alpha value is -0.350. The van der Waals surface area contributed by atoms with E-state index in [-0.39, 0.29) is 9.90 Å². The van der Waals surface area contributed by atoms with Crippen LogP contribution >= 0.6 is 9.90 Å². The van der Waals surface area contributed by atoms with Crippen molar-refractivity contribution in [1.29, 1.82) is 0 Å². The third-order valence-electron chi connectivity index (χ3n) is 3.99. The molecule has 0 saturated heterocycles. The van der Waals surface area contributed by atoms with Gasteiger partial charge in [0.1, 0.15) is 0 Å². The summed E-state index contributed by atoms with van der Waals surface area (Å²) >= 11 is 0. The number of hydrogen-bond donors (Lipinski definition) is 0. The fraction of sp³-hybridized carbons (Fsp3) is 0.700. The maximum atomic E-state index is 2.37. The fourth-order valence-electron chi connectivity index (χ4n) is 2.18. The zero-order valence-corrected chi connectivity index (χ0v) is 17.0. The van der Waals surface area contributed by atoms with Crippen LogP contribution in [-0.2, 0) is 12.8 Å². The molecular formula is C20H39P. The Labute approximate surface area is 137 Å². The van der Waals surface area contributed by atoms with Crippen LogP contribution in [0.5, 0.6) is 0 Å². The van der Waals surface area contributed by atoms with Gasteiger partial charge in [0, 0.05) is 0 Å². The molecule has 1 aromatic carbocycles. The number of fused-ring (bicyclic) bond motifs is 1. The third kappa shape index (κ3) is 10.1. The highest BCUT2D eigenvalue weighted by Crippen LogP contribution is 2.24. The summed E-state index contributed by atoms with van der Waals surface area (Å²) in [5.41, 5.74) is 4.60. The lowest BCUT2D eigenvalue weighted by molar-refractivity contribution is 0.510. The van der Waals surface area contributed by atoms with Gasteiger partial charge in [0.2, 0.25) is 0 Å². The van der Waals surface area contributed by atoms with Crippen molar-refractivity contribution in [2.75, 3.05) is 0 Å². The van der Waals surface area contributed by atoms with Gasteiger partial charge in [0.05, 0.1) is 0 Å². The molecule has 0 bridgehead atoms. The van der Waals surface area contributed by atoms with E-state index in [0.717, 1.165) is 11.8 Å². The summed E-state index contributed by atoms with van der Waals surface area (Å²) in [6, 6.07) is 6.94. The van der Waals surface area contributed by atoms with Gasteiger partial charge >= 0.3 is 0 Å². The van der Waals surface area contributed by atoms with E-state index < -0.39 is 0 Å². The molecule has 124 valence electrons. The lowest BCUT2D eigenvalue weighted by atomic mass is 10.0. The zero-order chi connectivity index (χ0) is 15.5. The quantitative estimate of drug-likeness (QED) is 0.402. The first-order valence-electron chi connectivity index (χ1n) is 8.61. The second-order valence-corrected chi connectivity index (χ2v) is 6.26. The average Bonchev–Trinajstić information content (AvgIpc) is 2.64. The van der Waals surface area contributed by atoms with Crippen LogP contribution in [0, 0.1) is 18.8 Å². The van der Waals surface area contributed by atoms with E-state index in [9.17, 15) is 0 Å². The number of hydrogen-bond acceptors (Lipinski definition) is 0. The SMILES string of the molecule is CC.CCC(C)C.Cc1ccc2c(c1)CCC(C)CC2.P. The van der Waals surface area contributed by atoms with E-state index in [2.05, 4.69) is 52.8 Å².